The number of rotatable bonds is 11. The number of fused-ring (bicyclic) bond motifs is 1. The Morgan fingerprint density at radius 3 is 2.47 bits per heavy atom. The summed E-state index contributed by atoms with van der Waals surface area (Å²) in [6.07, 6.45) is 6.66. The van der Waals surface area contributed by atoms with Crippen LogP contribution in [0.1, 0.15) is 68.4 Å². The molecule has 0 aliphatic rings. The molecule has 0 spiro atoms. The van der Waals surface area contributed by atoms with Crippen LogP contribution in [0.2, 0.25) is 0 Å². The number of hydrogen-bond donors (Lipinski definition) is 2. The minimum absolute atomic E-state index is 0. The molecule has 2 aromatic rings. The van der Waals surface area contributed by atoms with Gasteiger partial charge in [0.2, 0.25) is 0 Å². The number of ether oxygens (including phenoxy) is 2. The van der Waals surface area contributed by atoms with Crippen molar-refractivity contribution in [2.45, 2.75) is 58.1 Å². The molecule has 2 rings (SSSR count). The van der Waals surface area contributed by atoms with Crippen LogP contribution in [0.4, 0.5) is 0 Å². The Hall–Kier alpha value is -1.52. The van der Waals surface area contributed by atoms with Gasteiger partial charge in [-0.1, -0.05) is 39.0 Å². The molecule has 0 saturated heterocycles. The normalized spacial score (nSPS) is 10.6. The second kappa shape index (κ2) is 13.9. The molecule has 0 unspecified atom stereocenters. The zero-order valence-electron chi connectivity index (χ0n) is 18.7. The van der Waals surface area contributed by atoms with Gasteiger partial charge in [-0.15, -0.1) is 0 Å². The van der Waals surface area contributed by atoms with E-state index in [-0.39, 0.29) is 22.1 Å². The second-order valence-corrected chi connectivity index (χ2v) is 9.27. The van der Waals surface area contributed by atoms with Crippen molar-refractivity contribution in [3.63, 3.8) is 0 Å². The third-order valence-corrected chi connectivity index (χ3v) is 6.31. The predicted molar refractivity (Wildman–Crippen MR) is 128 cm³/mol. The SMILES string of the molecule is CCCCCCCCOC(=O)c1c(CSC(N)=[NH2+])n(C)c2cc(Br)c(OC(C)=O)cc12.[Br-]. The molecular formula is C22H31Br2N3O4S. The van der Waals surface area contributed by atoms with Crippen LogP contribution in [-0.4, -0.2) is 28.3 Å². The Bertz CT molecular complexity index is 963. The highest BCUT2D eigenvalue weighted by Crippen LogP contribution is 2.36. The molecule has 1 aromatic carbocycles. The van der Waals surface area contributed by atoms with Crippen molar-refractivity contribution >= 4 is 55.7 Å². The smallest absolute Gasteiger partial charge is 0.340 e. The van der Waals surface area contributed by atoms with Gasteiger partial charge in [0.1, 0.15) is 5.75 Å². The molecule has 0 saturated carbocycles. The number of aryl methyl sites for hydroxylation is 1. The van der Waals surface area contributed by atoms with E-state index in [1.807, 2.05) is 17.7 Å². The van der Waals surface area contributed by atoms with Gasteiger partial charge in [0.15, 0.2) is 0 Å². The van der Waals surface area contributed by atoms with E-state index in [1.165, 1.54) is 37.9 Å². The van der Waals surface area contributed by atoms with Gasteiger partial charge in [-0.2, -0.15) is 0 Å². The summed E-state index contributed by atoms with van der Waals surface area (Å²) in [6.45, 7) is 3.88. The second-order valence-electron chi connectivity index (χ2n) is 7.37. The molecule has 0 aliphatic heterocycles. The molecule has 1 heterocycles. The van der Waals surface area contributed by atoms with Crippen LogP contribution in [-0.2, 0) is 22.3 Å². The number of halogens is 2. The van der Waals surface area contributed by atoms with Gasteiger partial charge >= 0.3 is 11.9 Å². The molecule has 178 valence electrons. The lowest BCUT2D eigenvalue weighted by atomic mass is 10.1. The molecule has 1 aromatic heterocycles. The number of hydrogen-bond acceptors (Lipinski definition) is 5. The maximum Gasteiger partial charge on any atom is 0.340 e. The summed E-state index contributed by atoms with van der Waals surface area (Å²) in [5.41, 5.74) is 7.62. The summed E-state index contributed by atoms with van der Waals surface area (Å²) in [5, 5.41) is 6.50. The summed E-state index contributed by atoms with van der Waals surface area (Å²) in [6, 6.07) is 3.51. The molecule has 0 aliphatic carbocycles. The highest BCUT2D eigenvalue weighted by molar-refractivity contribution is 9.10. The van der Waals surface area contributed by atoms with Crippen molar-refractivity contribution in [1.82, 2.24) is 4.57 Å². The van der Waals surface area contributed by atoms with Gasteiger partial charge in [-0.3, -0.25) is 15.9 Å². The maximum atomic E-state index is 13.1. The number of carbonyl (C=O) groups is 2. The zero-order valence-corrected chi connectivity index (χ0v) is 22.7. The van der Waals surface area contributed by atoms with Crippen LogP contribution in [0.15, 0.2) is 16.6 Å². The minimum atomic E-state index is -0.440. The number of nitrogens with zero attached hydrogens (tertiary/aromatic N) is 1. The monoisotopic (exact) mass is 591 g/mol. The van der Waals surface area contributed by atoms with E-state index in [9.17, 15) is 9.59 Å². The van der Waals surface area contributed by atoms with E-state index in [4.69, 9.17) is 20.6 Å². The molecule has 0 bridgehead atoms. The highest BCUT2D eigenvalue weighted by atomic mass is 79.9. The molecule has 10 heteroatoms. The molecule has 0 atom stereocenters. The van der Waals surface area contributed by atoms with Gasteiger partial charge in [-0.05, 0) is 46.2 Å². The summed E-state index contributed by atoms with van der Waals surface area (Å²) in [7, 11) is 1.87. The first-order chi connectivity index (χ1) is 14.8. The summed E-state index contributed by atoms with van der Waals surface area (Å²) in [5.74, 6) is -0.0826. The first-order valence-electron chi connectivity index (χ1n) is 10.4. The number of thioether (sulfide) groups is 1. The van der Waals surface area contributed by atoms with Crippen molar-refractivity contribution < 1.29 is 41.5 Å². The zero-order chi connectivity index (χ0) is 23.0. The van der Waals surface area contributed by atoms with Gasteiger partial charge in [-0.25, -0.2) is 4.79 Å². The van der Waals surface area contributed by atoms with Gasteiger partial charge in [0.25, 0.3) is 5.17 Å². The van der Waals surface area contributed by atoms with Gasteiger partial charge in [0.05, 0.1) is 22.2 Å². The van der Waals surface area contributed by atoms with E-state index in [1.54, 1.807) is 6.07 Å². The van der Waals surface area contributed by atoms with E-state index in [2.05, 4.69) is 22.9 Å². The minimum Gasteiger partial charge on any atom is -1.00 e. The number of unbranched alkanes of at least 4 members (excludes halogenated alkanes) is 5. The van der Waals surface area contributed by atoms with Crippen molar-refractivity contribution in [1.29, 1.82) is 0 Å². The first kappa shape index (κ1) is 28.5. The fraction of sp³-hybridized carbons (Fsp3) is 0.500. The quantitative estimate of drug-likeness (QED) is 0.131. The number of amidine groups is 1. The third kappa shape index (κ3) is 7.81. The fourth-order valence-corrected chi connectivity index (χ4v) is 4.44. The van der Waals surface area contributed by atoms with Crippen molar-refractivity contribution in [2.75, 3.05) is 6.61 Å². The molecule has 7 nitrogen and oxygen atoms in total. The van der Waals surface area contributed by atoms with Crippen LogP contribution in [0, 0.1) is 0 Å². The number of carbonyl (C=O) groups excluding carboxylic acids is 2. The topological polar surface area (TPSA) is 109 Å². The molecular weight excluding hydrogens is 562 g/mol. The van der Waals surface area contributed by atoms with Gasteiger partial charge in [0, 0.05) is 30.8 Å². The molecule has 0 radical (unpaired) electrons. The molecule has 4 N–H and O–H groups in total. The van der Waals surface area contributed by atoms with E-state index in [0.29, 0.717) is 33.5 Å². The van der Waals surface area contributed by atoms with Gasteiger partial charge < -0.3 is 31.0 Å². The molecule has 0 amide bonds. The number of benzene rings is 1. The lowest BCUT2D eigenvalue weighted by Gasteiger charge is -2.08. The van der Waals surface area contributed by atoms with Crippen molar-refractivity contribution in [3.8, 4) is 5.75 Å². The average molecular weight is 593 g/mol. The maximum absolute atomic E-state index is 13.1. The Morgan fingerprint density at radius 2 is 1.84 bits per heavy atom. The lowest BCUT2D eigenvalue weighted by molar-refractivity contribution is -0.131. The van der Waals surface area contributed by atoms with Crippen LogP contribution in [0.25, 0.3) is 10.9 Å². The third-order valence-electron chi connectivity index (χ3n) is 4.94. The number of esters is 2. The standard InChI is InChI=1S/C22H30BrN3O4S.BrH/c1-4-5-6-7-8-9-10-29-21(28)20-15-11-19(30-14(2)27)16(23)12-17(15)26(3)18(20)13-31-22(24)25;/h11-12H,4-10,13H2,1-3H3,(H3,24,25);1H. The van der Waals surface area contributed by atoms with Crippen molar-refractivity contribution in [2.24, 2.45) is 12.8 Å². The highest BCUT2D eigenvalue weighted by Gasteiger charge is 2.25. The number of nitrogens with two attached hydrogens (primary N) is 2. The van der Waals surface area contributed by atoms with Crippen molar-refractivity contribution in [3.05, 3.63) is 27.9 Å². The number of aromatic nitrogens is 1. The van der Waals surface area contributed by atoms with Crippen LogP contribution < -0.4 is 32.9 Å². The Morgan fingerprint density at radius 1 is 1.19 bits per heavy atom. The predicted octanol–water partition coefficient (Wildman–Crippen LogP) is 0.694. The van der Waals surface area contributed by atoms with E-state index in [0.717, 1.165) is 30.5 Å². The van der Waals surface area contributed by atoms with Crippen LogP contribution in [0.5, 0.6) is 5.75 Å². The Labute approximate surface area is 212 Å². The summed E-state index contributed by atoms with van der Waals surface area (Å²) >= 11 is 4.68. The fourth-order valence-electron chi connectivity index (χ4n) is 3.39. The van der Waals surface area contributed by atoms with Crippen LogP contribution >= 0.6 is 27.7 Å². The molecule has 0 fully saturated rings. The van der Waals surface area contributed by atoms with Crippen LogP contribution in [0.3, 0.4) is 0 Å². The Kier molecular flexibility index (Phi) is 12.4. The lowest BCUT2D eigenvalue weighted by Crippen LogP contribution is -3.00. The average Bonchev–Trinajstić information content (AvgIpc) is 2.96. The molecule has 32 heavy (non-hydrogen) atoms. The van der Waals surface area contributed by atoms with E-state index < -0.39 is 11.9 Å². The largest absolute Gasteiger partial charge is 1.00 e. The van der Waals surface area contributed by atoms with E-state index >= 15 is 0 Å². The summed E-state index contributed by atoms with van der Waals surface area (Å²) < 4.78 is 13.4. The summed E-state index contributed by atoms with van der Waals surface area (Å²) in [4.78, 5) is 24.5. The first-order valence-corrected chi connectivity index (χ1v) is 12.2. The Balaban J connectivity index is 0.00000512.